The van der Waals surface area contributed by atoms with Crippen molar-refractivity contribution < 1.29 is 9.53 Å². The summed E-state index contributed by atoms with van der Waals surface area (Å²) >= 11 is 0. The van der Waals surface area contributed by atoms with E-state index >= 15 is 0 Å². The largest absolute Gasteiger partial charge is 0.496 e. The summed E-state index contributed by atoms with van der Waals surface area (Å²) in [4.78, 5) is 18.8. The number of nitrogens with one attached hydrogen (secondary N) is 2. The topological polar surface area (TPSA) is 93.0 Å². The first-order valence-corrected chi connectivity index (χ1v) is 5.39. The first kappa shape index (κ1) is 12.0. The van der Waals surface area contributed by atoms with Crippen molar-refractivity contribution in [3.05, 3.63) is 42.0 Å². The number of nitrogen functional groups attached to an aromatic ring is 1. The smallest absolute Gasteiger partial charge is 0.255 e. The number of rotatable bonds is 4. The van der Waals surface area contributed by atoms with E-state index in [-0.39, 0.29) is 5.91 Å². The third kappa shape index (κ3) is 2.60. The Bertz CT molecular complexity index is 537. The van der Waals surface area contributed by atoms with E-state index in [2.05, 4.69) is 15.3 Å². The molecule has 0 aliphatic rings. The Morgan fingerprint density at radius 1 is 1.56 bits per heavy atom. The van der Waals surface area contributed by atoms with Crippen LogP contribution in [0, 0.1) is 0 Å². The molecule has 6 heteroatoms. The quantitative estimate of drug-likeness (QED) is 0.700. The van der Waals surface area contributed by atoms with Gasteiger partial charge in [0.05, 0.1) is 31.2 Å². The number of hydrogen-bond donors (Lipinski definition) is 3. The number of anilines is 1. The minimum absolute atomic E-state index is 0.242. The van der Waals surface area contributed by atoms with Crippen LogP contribution in [0.4, 0.5) is 5.69 Å². The average Bonchev–Trinajstić information content (AvgIpc) is 2.89. The number of hydrogen-bond acceptors (Lipinski definition) is 4. The molecule has 4 N–H and O–H groups in total. The predicted octanol–water partition coefficient (Wildman–Crippen LogP) is 0.931. The number of methoxy groups -OCH3 is 1. The van der Waals surface area contributed by atoms with Crippen LogP contribution in [0.2, 0.25) is 0 Å². The molecule has 0 spiro atoms. The number of carbonyl (C=O) groups is 1. The molecule has 94 valence electrons. The van der Waals surface area contributed by atoms with Gasteiger partial charge in [0.1, 0.15) is 5.75 Å². The van der Waals surface area contributed by atoms with Crippen LogP contribution >= 0.6 is 0 Å². The third-order valence-corrected chi connectivity index (χ3v) is 2.46. The molecule has 1 amide bonds. The number of aromatic nitrogens is 2. The van der Waals surface area contributed by atoms with Gasteiger partial charge in [-0.25, -0.2) is 4.98 Å². The molecular weight excluding hydrogens is 232 g/mol. The number of nitrogens with two attached hydrogens (primary N) is 1. The molecule has 0 aliphatic heterocycles. The Morgan fingerprint density at radius 2 is 2.39 bits per heavy atom. The van der Waals surface area contributed by atoms with Crippen molar-refractivity contribution in [2.24, 2.45) is 0 Å². The van der Waals surface area contributed by atoms with E-state index in [1.807, 2.05) is 0 Å². The number of imidazole rings is 1. The standard InChI is InChI=1S/C12H14N4O2/c1-18-11-3-2-8(13)4-10(11)12(17)15-6-9-5-14-7-16-9/h2-5,7H,6,13H2,1H3,(H,14,16)(H,15,17). The molecule has 0 aliphatic carbocycles. The van der Waals surface area contributed by atoms with Crippen molar-refractivity contribution in [1.82, 2.24) is 15.3 Å². The van der Waals surface area contributed by atoms with Crippen molar-refractivity contribution in [3.8, 4) is 5.75 Å². The van der Waals surface area contributed by atoms with Gasteiger partial charge in [0.25, 0.3) is 5.91 Å². The summed E-state index contributed by atoms with van der Waals surface area (Å²) in [5.41, 5.74) is 7.41. The zero-order chi connectivity index (χ0) is 13.0. The van der Waals surface area contributed by atoms with Crippen molar-refractivity contribution in [1.29, 1.82) is 0 Å². The third-order valence-electron chi connectivity index (χ3n) is 2.46. The molecule has 1 aromatic heterocycles. The van der Waals surface area contributed by atoms with E-state index in [1.165, 1.54) is 7.11 Å². The normalized spacial score (nSPS) is 10.1. The van der Waals surface area contributed by atoms with E-state index in [9.17, 15) is 4.79 Å². The average molecular weight is 246 g/mol. The van der Waals surface area contributed by atoms with Crippen LogP contribution in [-0.4, -0.2) is 23.0 Å². The zero-order valence-corrected chi connectivity index (χ0v) is 9.93. The van der Waals surface area contributed by atoms with Crippen LogP contribution in [-0.2, 0) is 6.54 Å². The Labute approximate surface area is 104 Å². The van der Waals surface area contributed by atoms with Gasteiger partial charge in [-0.2, -0.15) is 0 Å². The van der Waals surface area contributed by atoms with Gasteiger partial charge in [0.2, 0.25) is 0 Å². The van der Waals surface area contributed by atoms with Gasteiger partial charge >= 0.3 is 0 Å². The Balaban J connectivity index is 2.10. The van der Waals surface area contributed by atoms with Gasteiger partial charge in [-0.05, 0) is 18.2 Å². The van der Waals surface area contributed by atoms with E-state index in [4.69, 9.17) is 10.5 Å². The first-order valence-electron chi connectivity index (χ1n) is 5.39. The van der Waals surface area contributed by atoms with Crippen LogP contribution in [0.5, 0.6) is 5.75 Å². The monoisotopic (exact) mass is 246 g/mol. The molecule has 1 heterocycles. The number of aromatic amines is 1. The number of carbonyl (C=O) groups excluding carboxylic acids is 1. The van der Waals surface area contributed by atoms with Gasteiger partial charge in [0.15, 0.2) is 0 Å². The van der Waals surface area contributed by atoms with Crippen LogP contribution in [0.25, 0.3) is 0 Å². The van der Waals surface area contributed by atoms with E-state index in [0.29, 0.717) is 23.5 Å². The Morgan fingerprint density at radius 3 is 3.06 bits per heavy atom. The number of ether oxygens (including phenoxy) is 1. The Kier molecular flexibility index (Phi) is 3.47. The fraction of sp³-hybridized carbons (Fsp3) is 0.167. The molecule has 0 unspecified atom stereocenters. The fourth-order valence-electron chi connectivity index (χ4n) is 1.56. The molecule has 2 rings (SSSR count). The lowest BCUT2D eigenvalue weighted by atomic mass is 10.1. The van der Waals surface area contributed by atoms with Crippen molar-refractivity contribution >= 4 is 11.6 Å². The lowest BCUT2D eigenvalue weighted by Gasteiger charge is -2.09. The van der Waals surface area contributed by atoms with Gasteiger partial charge in [0, 0.05) is 11.9 Å². The summed E-state index contributed by atoms with van der Waals surface area (Å²) in [6.45, 7) is 0.372. The molecule has 6 nitrogen and oxygen atoms in total. The molecule has 18 heavy (non-hydrogen) atoms. The Hall–Kier alpha value is -2.50. The number of benzene rings is 1. The van der Waals surface area contributed by atoms with Crippen LogP contribution in [0.15, 0.2) is 30.7 Å². The van der Waals surface area contributed by atoms with Crippen molar-refractivity contribution in [2.75, 3.05) is 12.8 Å². The summed E-state index contributed by atoms with van der Waals surface area (Å²) in [7, 11) is 1.51. The fourth-order valence-corrected chi connectivity index (χ4v) is 1.56. The minimum atomic E-state index is -0.242. The molecule has 0 saturated heterocycles. The number of nitrogens with zero attached hydrogens (tertiary/aromatic N) is 1. The summed E-state index contributed by atoms with van der Waals surface area (Å²) in [6, 6.07) is 4.94. The maximum absolute atomic E-state index is 12.0. The minimum Gasteiger partial charge on any atom is -0.496 e. The van der Waals surface area contributed by atoms with Gasteiger partial charge in [-0.15, -0.1) is 0 Å². The second-order valence-electron chi connectivity index (χ2n) is 3.72. The second kappa shape index (κ2) is 5.22. The molecule has 0 radical (unpaired) electrons. The SMILES string of the molecule is COc1ccc(N)cc1C(=O)NCc1cnc[nH]1. The highest BCUT2D eigenvalue weighted by atomic mass is 16.5. The molecule has 0 saturated carbocycles. The van der Waals surface area contributed by atoms with E-state index in [1.54, 1.807) is 30.7 Å². The summed E-state index contributed by atoms with van der Waals surface area (Å²) < 4.78 is 5.12. The van der Waals surface area contributed by atoms with Crippen LogP contribution in [0.3, 0.4) is 0 Å². The lowest BCUT2D eigenvalue weighted by molar-refractivity contribution is 0.0947. The highest BCUT2D eigenvalue weighted by Gasteiger charge is 2.12. The maximum Gasteiger partial charge on any atom is 0.255 e. The highest BCUT2D eigenvalue weighted by Crippen LogP contribution is 2.20. The summed E-state index contributed by atoms with van der Waals surface area (Å²) in [6.07, 6.45) is 3.21. The number of H-pyrrole nitrogens is 1. The molecule has 1 aromatic carbocycles. The van der Waals surface area contributed by atoms with Crippen LogP contribution in [0.1, 0.15) is 16.1 Å². The highest BCUT2D eigenvalue weighted by molar-refractivity contribution is 5.97. The van der Waals surface area contributed by atoms with Crippen molar-refractivity contribution in [2.45, 2.75) is 6.54 Å². The first-order chi connectivity index (χ1) is 8.70. The second-order valence-corrected chi connectivity index (χ2v) is 3.72. The van der Waals surface area contributed by atoms with E-state index < -0.39 is 0 Å². The molecule has 2 aromatic rings. The van der Waals surface area contributed by atoms with Gasteiger partial charge in [-0.1, -0.05) is 0 Å². The number of amides is 1. The van der Waals surface area contributed by atoms with Gasteiger partial charge < -0.3 is 20.8 Å². The summed E-state index contributed by atoms with van der Waals surface area (Å²) in [5.74, 6) is 0.250. The molecule has 0 fully saturated rings. The summed E-state index contributed by atoms with van der Waals surface area (Å²) in [5, 5.41) is 2.76. The predicted molar refractivity (Wildman–Crippen MR) is 67.2 cm³/mol. The lowest BCUT2D eigenvalue weighted by Crippen LogP contribution is -2.23. The maximum atomic E-state index is 12.0. The van der Waals surface area contributed by atoms with Gasteiger partial charge in [-0.3, -0.25) is 4.79 Å². The van der Waals surface area contributed by atoms with Crippen molar-refractivity contribution in [3.63, 3.8) is 0 Å². The molecule has 0 bridgehead atoms. The van der Waals surface area contributed by atoms with Crippen LogP contribution < -0.4 is 15.8 Å². The molecular formula is C12H14N4O2. The zero-order valence-electron chi connectivity index (χ0n) is 9.93. The van der Waals surface area contributed by atoms with E-state index in [0.717, 1.165) is 5.69 Å². The molecule has 0 atom stereocenters.